The second-order valence-corrected chi connectivity index (χ2v) is 7.80. The minimum atomic E-state index is -0.159. The van der Waals surface area contributed by atoms with E-state index in [0.29, 0.717) is 24.3 Å². The van der Waals surface area contributed by atoms with Crippen LogP contribution < -0.4 is 10.7 Å². The number of anilines is 1. The number of hydrogen-bond acceptors (Lipinski definition) is 6. The fourth-order valence-corrected chi connectivity index (χ4v) is 2.15. The van der Waals surface area contributed by atoms with Gasteiger partial charge in [0.25, 0.3) is 0 Å². The number of ether oxygens (including phenoxy) is 1. The molecule has 0 aliphatic rings. The zero-order valence-corrected chi connectivity index (χ0v) is 17.5. The van der Waals surface area contributed by atoms with E-state index in [2.05, 4.69) is 36.1 Å². The van der Waals surface area contributed by atoms with Gasteiger partial charge in [0.15, 0.2) is 0 Å². The Morgan fingerprint density at radius 3 is 2.04 bits per heavy atom. The Labute approximate surface area is 152 Å². The SMILES string of the molecule is CCN(C)C.CN(C)CCOCCNc1c(C(C)(C)C)c(=O)c1=S. The molecule has 0 heterocycles. The van der Waals surface area contributed by atoms with Crippen LogP contribution in [0.15, 0.2) is 4.79 Å². The zero-order chi connectivity index (χ0) is 18.9. The first kappa shape index (κ1) is 23.2. The third-order valence-corrected chi connectivity index (χ3v) is 3.91. The lowest BCUT2D eigenvalue weighted by Crippen LogP contribution is -2.31. The summed E-state index contributed by atoms with van der Waals surface area (Å²) < 4.78 is 5.92. The number of nitrogens with zero attached hydrogens (tertiary/aromatic N) is 2. The fraction of sp³-hybridized carbons (Fsp3) is 0.778. The highest BCUT2D eigenvalue weighted by Gasteiger charge is 2.27. The molecule has 0 saturated heterocycles. The van der Waals surface area contributed by atoms with Gasteiger partial charge in [0, 0.05) is 18.7 Å². The molecule has 0 aliphatic heterocycles. The molecule has 0 aliphatic carbocycles. The summed E-state index contributed by atoms with van der Waals surface area (Å²) in [6.45, 7) is 12.3. The summed E-state index contributed by atoms with van der Waals surface area (Å²) >= 11 is 5.09. The minimum Gasteiger partial charge on any atom is -0.381 e. The number of rotatable bonds is 8. The van der Waals surface area contributed by atoms with Crippen LogP contribution in [0.4, 0.5) is 5.69 Å². The molecule has 140 valence electrons. The Balaban J connectivity index is 0.000000922. The van der Waals surface area contributed by atoms with Crippen LogP contribution in [0.1, 0.15) is 33.3 Å². The molecule has 0 fully saturated rings. The first-order chi connectivity index (χ1) is 11.0. The predicted octanol–water partition coefficient (Wildman–Crippen LogP) is 2.51. The van der Waals surface area contributed by atoms with E-state index < -0.39 is 0 Å². The van der Waals surface area contributed by atoms with Gasteiger partial charge in [-0.25, -0.2) is 0 Å². The highest BCUT2D eigenvalue weighted by Crippen LogP contribution is 2.29. The van der Waals surface area contributed by atoms with Crippen LogP contribution >= 0.6 is 12.2 Å². The first-order valence-electron chi connectivity index (χ1n) is 8.47. The lowest BCUT2D eigenvalue weighted by molar-refractivity contribution is 0.126. The van der Waals surface area contributed by atoms with E-state index in [1.807, 2.05) is 34.9 Å². The largest absolute Gasteiger partial charge is 0.381 e. The minimum absolute atomic E-state index is 0.0125. The monoisotopic (exact) mass is 357 g/mol. The van der Waals surface area contributed by atoms with E-state index in [9.17, 15) is 4.79 Å². The van der Waals surface area contributed by atoms with Crippen molar-refractivity contribution in [3.8, 4) is 0 Å². The van der Waals surface area contributed by atoms with E-state index in [-0.39, 0.29) is 10.8 Å². The average molecular weight is 358 g/mol. The van der Waals surface area contributed by atoms with Crippen molar-refractivity contribution >= 4 is 17.9 Å². The summed E-state index contributed by atoms with van der Waals surface area (Å²) in [4.78, 5) is 16.0. The molecule has 6 heteroatoms. The molecular formula is C18H35N3O2S. The maximum atomic E-state index is 11.8. The molecule has 0 saturated carbocycles. The van der Waals surface area contributed by atoms with E-state index in [4.69, 9.17) is 17.0 Å². The predicted molar refractivity (Wildman–Crippen MR) is 107 cm³/mol. The standard InChI is InChI=1S/C14H24N2O2S.C4H11N/c1-14(2,3)10-11(13(19)12(10)17)15-6-8-18-9-7-16(4)5;1-4-5(2)3/h15H,6-9H2,1-5H3;4H2,1-3H3. The van der Waals surface area contributed by atoms with Gasteiger partial charge in [0.2, 0.25) is 5.43 Å². The molecule has 0 radical (unpaired) electrons. The number of nitrogens with one attached hydrogen (secondary N) is 1. The lowest BCUT2D eigenvalue weighted by Gasteiger charge is -2.25. The molecule has 0 spiro atoms. The Morgan fingerprint density at radius 1 is 1.08 bits per heavy atom. The maximum Gasteiger partial charge on any atom is 0.204 e. The first-order valence-corrected chi connectivity index (χ1v) is 8.88. The van der Waals surface area contributed by atoms with Gasteiger partial charge < -0.3 is 19.9 Å². The summed E-state index contributed by atoms with van der Waals surface area (Å²) in [7, 11) is 8.14. The smallest absolute Gasteiger partial charge is 0.204 e. The third kappa shape index (κ3) is 8.33. The molecule has 5 nitrogen and oxygen atoms in total. The number of hydrogen-bond donors (Lipinski definition) is 1. The Morgan fingerprint density at radius 2 is 1.62 bits per heavy atom. The van der Waals surface area contributed by atoms with Crippen molar-refractivity contribution in [2.75, 3.05) is 66.4 Å². The molecule has 1 N–H and O–H groups in total. The fourth-order valence-electron chi connectivity index (χ4n) is 1.87. The molecular weight excluding hydrogens is 322 g/mol. The van der Waals surface area contributed by atoms with Gasteiger partial charge in [0.1, 0.15) is 4.51 Å². The quantitative estimate of drug-likeness (QED) is 0.570. The van der Waals surface area contributed by atoms with Gasteiger partial charge in [-0.2, -0.15) is 0 Å². The summed E-state index contributed by atoms with van der Waals surface area (Å²) in [6.07, 6.45) is 0. The molecule has 0 unspecified atom stereocenters. The maximum absolute atomic E-state index is 11.8. The summed E-state index contributed by atoms with van der Waals surface area (Å²) in [5.74, 6) is 0. The van der Waals surface area contributed by atoms with E-state index in [1.54, 1.807) is 0 Å². The molecule has 1 aromatic rings. The Bertz CT molecular complexity index is 541. The lowest BCUT2D eigenvalue weighted by atomic mass is 9.83. The summed E-state index contributed by atoms with van der Waals surface area (Å²) in [5.41, 5.74) is 1.50. The van der Waals surface area contributed by atoms with Crippen molar-refractivity contribution in [1.82, 2.24) is 9.80 Å². The van der Waals surface area contributed by atoms with Crippen molar-refractivity contribution in [1.29, 1.82) is 0 Å². The number of likely N-dealkylation sites (N-methyl/N-ethyl adjacent to an activating group) is 1. The molecule has 0 amide bonds. The highest BCUT2D eigenvalue weighted by molar-refractivity contribution is 7.71. The van der Waals surface area contributed by atoms with Gasteiger partial charge in [0.05, 0.1) is 18.9 Å². The van der Waals surface area contributed by atoms with Crippen LogP contribution in [0.3, 0.4) is 0 Å². The van der Waals surface area contributed by atoms with Crippen molar-refractivity contribution in [2.24, 2.45) is 0 Å². The van der Waals surface area contributed by atoms with E-state index >= 15 is 0 Å². The van der Waals surface area contributed by atoms with Crippen LogP contribution in [0, 0.1) is 4.51 Å². The van der Waals surface area contributed by atoms with Crippen LogP contribution in [0.2, 0.25) is 0 Å². The average Bonchev–Trinajstić information content (AvgIpc) is 2.47. The second-order valence-electron chi connectivity index (χ2n) is 7.40. The second kappa shape index (κ2) is 10.9. The third-order valence-electron chi connectivity index (χ3n) is 3.52. The summed E-state index contributed by atoms with van der Waals surface area (Å²) in [6, 6.07) is 0. The molecule has 1 aromatic carbocycles. The molecule has 0 bridgehead atoms. The molecule has 0 atom stereocenters. The van der Waals surface area contributed by atoms with Crippen molar-refractivity contribution in [2.45, 2.75) is 33.1 Å². The summed E-state index contributed by atoms with van der Waals surface area (Å²) in [5, 5.41) is 3.22. The van der Waals surface area contributed by atoms with Crippen LogP contribution in [0.25, 0.3) is 0 Å². The van der Waals surface area contributed by atoms with E-state index in [0.717, 1.165) is 24.3 Å². The van der Waals surface area contributed by atoms with Gasteiger partial charge in [-0.1, -0.05) is 39.9 Å². The van der Waals surface area contributed by atoms with Gasteiger partial charge in [-0.3, -0.25) is 4.79 Å². The van der Waals surface area contributed by atoms with Gasteiger partial charge in [-0.15, -0.1) is 0 Å². The van der Waals surface area contributed by atoms with Crippen molar-refractivity contribution < 1.29 is 4.74 Å². The van der Waals surface area contributed by atoms with Gasteiger partial charge >= 0.3 is 0 Å². The molecule has 24 heavy (non-hydrogen) atoms. The van der Waals surface area contributed by atoms with Gasteiger partial charge in [-0.05, 0) is 40.2 Å². The molecule has 1 rings (SSSR count). The Kier molecular flexibility index (Phi) is 10.6. The van der Waals surface area contributed by atoms with Crippen molar-refractivity contribution in [3.05, 3.63) is 20.3 Å². The Hall–Kier alpha value is -0.820. The highest BCUT2D eigenvalue weighted by atomic mass is 32.1. The normalized spacial score (nSPS) is 11.8. The zero-order valence-electron chi connectivity index (χ0n) is 16.7. The molecule has 0 aromatic heterocycles. The van der Waals surface area contributed by atoms with Crippen molar-refractivity contribution in [3.63, 3.8) is 0 Å². The van der Waals surface area contributed by atoms with E-state index in [1.165, 1.54) is 0 Å². The topological polar surface area (TPSA) is 44.8 Å². The van der Waals surface area contributed by atoms with Crippen LogP contribution in [-0.4, -0.2) is 70.8 Å². The van der Waals surface area contributed by atoms with Crippen LogP contribution in [0.5, 0.6) is 0 Å². The van der Waals surface area contributed by atoms with Crippen LogP contribution in [-0.2, 0) is 10.2 Å².